The number of piperidine rings is 1. The fraction of sp³-hybridized carbons (Fsp3) is 0.417. The van der Waals surface area contributed by atoms with Gasteiger partial charge in [-0.15, -0.1) is 0 Å². The van der Waals surface area contributed by atoms with Crippen molar-refractivity contribution in [2.24, 2.45) is 0 Å². The van der Waals surface area contributed by atoms with Crippen LogP contribution in [0.3, 0.4) is 0 Å². The number of amides is 2. The average molecular weight is 395 g/mol. The lowest BCUT2D eigenvalue weighted by Crippen LogP contribution is -2.46. The first-order valence-corrected chi connectivity index (χ1v) is 10.4. The standard InChI is InChI=1S/C24H30N2O3/c1-18-9-11-20(12-10-18)24(28)26-15-13-21(14-16-26)25-23(27)8-5-17-29-22-7-4-3-6-19(22)2/h3-4,6-7,9-12,21H,5,8,13-17H2,1-2H3,(H,25,27). The molecule has 5 nitrogen and oxygen atoms in total. The SMILES string of the molecule is Cc1ccc(C(=O)N2CCC(NC(=O)CCCOc3ccccc3C)CC2)cc1. The Balaban J connectivity index is 1.34. The number of para-hydroxylation sites is 1. The minimum atomic E-state index is 0.0571. The highest BCUT2D eigenvalue weighted by Gasteiger charge is 2.24. The molecule has 2 aromatic carbocycles. The van der Waals surface area contributed by atoms with Crippen LogP contribution in [0.15, 0.2) is 48.5 Å². The molecule has 2 amide bonds. The Morgan fingerprint density at radius 2 is 1.72 bits per heavy atom. The first-order chi connectivity index (χ1) is 14.0. The maximum atomic E-state index is 12.6. The van der Waals surface area contributed by atoms with Gasteiger partial charge in [0.15, 0.2) is 0 Å². The smallest absolute Gasteiger partial charge is 0.253 e. The van der Waals surface area contributed by atoms with Gasteiger partial charge < -0.3 is 15.0 Å². The van der Waals surface area contributed by atoms with Crippen molar-refractivity contribution < 1.29 is 14.3 Å². The summed E-state index contributed by atoms with van der Waals surface area (Å²) >= 11 is 0. The van der Waals surface area contributed by atoms with E-state index in [1.807, 2.05) is 67.3 Å². The fourth-order valence-electron chi connectivity index (χ4n) is 3.54. The van der Waals surface area contributed by atoms with Crippen LogP contribution < -0.4 is 10.1 Å². The number of carbonyl (C=O) groups excluding carboxylic acids is 2. The Morgan fingerprint density at radius 1 is 1.03 bits per heavy atom. The summed E-state index contributed by atoms with van der Waals surface area (Å²) in [6, 6.07) is 15.7. The molecule has 1 fully saturated rings. The Labute approximate surface area is 173 Å². The second kappa shape index (κ2) is 10.1. The summed E-state index contributed by atoms with van der Waals surface area (Å²) in [5.41, 5.74) is 2.97. The molecule has 1 heterocycles. The van der Waals surface area contributed by atoms with Gasteiger partial charge in [0, 0.05) is 31.1 Å². The number of aryl methyl sites for hydroxylation is 2. The van der Waals surface area contributed by atoms with Crippen molar-refractivity contribution in [3.8, 4) is 5.75 Å². The van der Waals surface area contributed by atoms with Gasteiger partial charge in [0.25, 0.3) is 5.91 Å². The van der Waals surface area contributed by atoms with E-state index in [0.717, 1.165) is 35.3 Å². The van der Waals surface area contributed by atoms with Gasteiger partial charge in [-0.05, 0) is 56.9 Å². The highest BCUT2D eigenvalue weighted by Crippen LogP contribution is 2.17. The third-order valence-corrected chi connectivity index (χ3v) is 5.35. The van der Waals surface area contributed by atoms with Gasteiger partial charge in [-0.2, -0.15) is 0 Å². The third kappa shape index (κ3) is 6.08. The number of likely N-dealkylation sites (tertiary alicyclic amines) is 1. The van der Waals surface area contributed by atoms with Gasteiger partial charge in [0.05, 0.1) is 6.61 Å². The molecule has 1 aliphatic rings. The maximum Gasteiger partial charge on any atom is 0.253 e. The van der Waals surface area contributed by atoms with Gasteiger partial charge in [-0.1, -0.05) is 35.9 Å². The molecule has 29 heavy (non-hydrogen) atoms. The number of rotatable bonds is 7. The average Bonchev–Trinajstić information content (AvgIpc) is 2.73. The molecule has 0 aliphatic carbocycles. The molecular formula is C24H30N2O3. The minimum Gasteiger partial charge on any atom is -0.493 e. The lowest BCUT2D eigenvalue weighted by Gasteiger charge is -2.32. The number of nitrogens with one attached hydrogen (secondary N) is 1. The zero-order valence-corrected chi connectivity index (χ0v) is 17.3. The number of nitrogens with zero attached hydrogens (tertiary/aromatic N) is 1. The molecule has 0 atom stereocenters. The van der Waals surface area contributed by atoms with Gasteiger partial charge in [0.1, 0.15) is 5.75 Å². The monoisotopic (exact) mass is 394 g/mol. The third-order valence-electron chi connectivity index (χ3n) is 5.35. The van der Waals surface area contributed by atoms with Crippen LogP contribution in [-0.2, 0) is 4.79 Å². The summed E-state index contributed by atoms with van der Waals surface area (Å²) in [4.78, 5) is 26.7. The molecule has 2 aromatic rings. The van der Waals surface area contributed by atoms with Gasteiger partial charge >= 0.3 is 0 Å². The quantitative estimate of drug-likeness (QED) is 0.725. The molecule has 1 N–H and O–H groups in total. The van der Waals surface area contributed by atoms with Crippen LogP contribution >= 0.6 is 0 Å². The van der Waals surface area contributed by atoms with Crippen LogP contribution in [0, 0.1) is 13.8 Å². The lowest BCUT2D eigenvalue weighted by molar-refractivity contribution is -0.122. The van der Waals surface area contributed by atoms with Crippen LogP contribution in [0.4, 0.5) is 0 Å². The van der Waals surface area contributed by atoms with Crippen LogP contribution in [0.25, 0.3) is 0 Å². The molecule has 0 saturated carbocycles. The first kappa shape index (κ1) is 20.9. The minimum absolute atomic E-state index is 0.0571. The van der Waals surface area contributed by atoms with Crippen LogP contribution in [-0.4, -0.2) is 42.5 Å². The number of hydrogen-bond acceptors (Lipinski definition) is 3. The molecule has 0 unspecified atom stereocenters. The second-order valence-corrected chi connectivity index (χ2v) is 7.72. The zero-order valence-electron chi connectivity index (χ0n) is 17.3. The predicted octanol–water partition coefficient (Wildman–Crippen LogP) is 3.88. The van der Waals surface area contributed by atoms with Crippen molar-refractivity contribution in [2.75, 3.05) is 19.7 Å². The summed E-state index contributed by atoms with van der Waals surface area (Å²) in [6.45, 7) is 5.90. The van der Waals surface area contributed by atoms with Crippen molar-refractivity contribution in [1.29, 1.82) is 0 Å². The zero-order chi connectivity index (χ0) is 20.6. The van der Waals surface area contributed by atoms with E-state index in [9.17, 15) is 9.59 Å². The van der Waals surface area contributed by atoms with Crippen molar-refractivity contribution >= 4 is 11.8 Å². The van der Waals surface area contributed by atoms with Crippen LogP contribution in [0.2, 0.25) is 0 Å². The summed E-state index contributed by atoms with van der Waals surface area (Å²) in [7, 11) is 0. The Bertz CT molecular complexity index is 824. The van der Waals surface area contributed by atoms with Crippen molar-refractivity contribution in [1.82, 2.24) is 10.2 Å². The molecule has 0 radical (unpaired) electrons. The van der Waals surface area contributed by atoms with Crippen molar-refractivity contribution in [3.05, 3.63) is 65.2 Å². The number of carbonyl (C=O) groups is 2. The summed E-state index contributed by atoms with van der Waals surface area (Å²) in [6.07, 6.45) is 2.73. The topological polar surface area (TPSA) is 58.6 Å². The van der Waals surface area contributed by atoms with E-state index in [2.05, 4.69) is 5.32 Å². The molecule has 0 spiro atoms. The van der Waals surface area contributed by atoms with Gasteiger partial charge in [-0.25, -0.2) is 0 Å². The van der Waals surface area contributed by atoms with E-state index in [-0.39, 0.29) is 17.9 Å². The van der Waals surface area contributed by atoms with Crippen LogP contribution in [0.5, 0.6) is 5.75 Å². The number of ether oxygens (including phenoxy) is 1. The summed E-state index contributed by atoms with van der Waals surface area (Å²) < 4.78 is 5.74. The highest BCUT2D eigenvalue weighted by atomic mass is 16.5. The van der Waals surface area contributed by atoms with Gasteiger partial charge in [0.2, 0.25) is 5.91 Å². The molecule has 3 rings (SSSR count). The van der Waals surface area contributed by atoms with E-state index in [0.29, 0.717) is 32.5 Å². The molecule has 1 aliphatic heterocycles. The molecular weight excluding hydrogens is 364 g/mol. The first-order valence-electron chi connectivity index (χ1n) is 10.4. The van der Waals surface area contributed by atoms with Crippen molar-refractivity contribution in [3.63, 3.8) is 0 Å². The molecule has 0 aromatic heterocycles. The van der Waals surface area contributed by atoms with Gasteiger partial charge in [-0.3, -0.25) is 9.59 Å². The normalized spacial score (nSPS) is 14.5. The number of benzene rings is 2. The molecule has 154 valence electrons. The fourth-order valence-corrected chi connectivity index (χ4v) is 3.54. The van der Waals surface area contributed by atoms with E-state index in [4.69, 9.17) is 4.74 Å². The van der Waals surface area contributed by atoms with E-state index >= 15 is 0 Å². The van der Waals surface area contributed by atoms with Crippen LogP contribution in [0.1, 0.15) is 47.2 Å². The molecule has 5 heteroatoms. The van der Waals surface area contributed by atoms with E-state index < -0.39 is 0 Å². The Morgan fingerprint density at radius 3 is 2.41 bits per heavy atom. The molecule has 0 bridgehead atoms. The Hall–Kier alpha value is -2.82. The summed E-state index contributed by atoms with van der Waals surface area (Å²) in [5.74, 6) is 1.00. The lowest BCUT2D eigenvalue weighted by atomic mass is 10.0. The van der Waals surface area contributed by atoms with E-state index in [1.54, 1.807) is 0 Å². The summed E-state index contributed by atoms with van der Waals surface area (Å²) in [5, 5.41) is 3.10. The largest absolute Gasteiger partial charge is 0.493 e. The number of hydrogen-bond donors (Lipinski definition) is 1. The maximum absolute atomic E-state index is 12.6. The molecule has 1 saturated heterocycles. The predicted molar refractivity (Wildman–Crippen MR) is 114 cm³/mol. The van der Waals surface area contributed by atoms with Crippen molar-refractivity contribution in [2.45, 2.75) is 45.6 Å². The Kier molecular flexibility index (Phi) is 7.28. The second-order valence-electron chi connectivity index (χ2n) is 7.72. The highest BCUT2D eigenvalue weighted by molar-refractivity contribution is 5.94. The van der Waals surface area contributed by atoms with E-state index in [1.165, 1.54) is 0 Å².